The number of aromatic nitrogens is 1. The van der Waals surface area contributed by atoms with Crippen molar-refractivity contribution in [2.45, 2.75) is 31.4 Å². The Labute approximate surface area is 177 Å². The molecule has 2 aliphatic rings. The summed E-state index contributed by atoms with van der Waals surface area (Å²) in [5.41, 5.74) is 1.83. The van der Waals surface area contributed by atoms with Crippen LogP contribution in [0.5, 0.6) is 0 Å². The number of carbonyl (C=O) groups excluding carboxylic acids is 1. The number of nitrogens with zero attached hydrogens (tertiary/aromatic N) is 4. The zero-order valence-corrected chi connectivity index (χ0v) is 17.9. The van der Waals surface area contributed by atoms with E-state index in [-0.39, 0.29) is 11.1 Å². The molecule has 0 radical (unpaired) electrons. The van der Waals surface area contributed by atoms with Crippen LogP contribution in [0.2, 0.25) is 0 Å². The minimum absolute atomic E-state index is 0.201. The number of rotatable bonds is 7. The minimum atomic E-state index is 0.201. The van der Waals surface area contributed by atoms with Crippen molar-refractivity contribution in [1.82, 2.24) is 20.1 Å². The molecule has 0 aliphatic carbocycles. The van der Waals surface area contributed by atoms with Gasteiger partial charge in [0.1, 0.15) is 0 Å². The number of aryl methyl sites for hydroxylation is 1. The number of piperidine rings is 1. The molecule has 1 amide bonds. The first-order chi connectivity index (χ1) is 14.1. The van der Waals surface area contributed by atoms with Crippen LogP contribution < -0.4 is 5.32 Å². The van der Waals surface area contributed by atoms with E-state index in [0.29, 0.717) is 18.6 Å². The monoisotopic (exact) mass is 416 g/mol. The van der Waals surface area contributed by atoms with Crippen molar-refractivity contribution in [1.29, 1.82) is 5.41 Å². The van der Waals surface area contributed by atoms with Crippen LogP contribution >= 0.6 is 11.8 Å². The van der Waals surface area contributed by atoms with Crippen molar-refractivity contribution in [2.24, 2.45) is 10.9 Å². The Hall–Kier alpha value is -1.77. The summed E-state index contributed by atoms with van der Waals surface area (Å²) in [6.07, 6.45) is 3.70. The molecule has 0 unspecified atom stereocenters. The number of carbonyl (C=O) groups is 1. The summed E-state index contributed by atoms with van der Waals surface area (Å²) in [6.45, 7) is 10.5. The maximum atomic E-state index is 12.6. The van der Waals surface area contributed by atoms with Gasteiger partial charge < -0.3 is 10.2 Å². The first-order valence-electron chi connectivity index (χ1n) is 10.5. The van der Waals surface area contributed by atoms with Crippen molar-refractivity contribution in [3.63, 3.8) is 0 Å². The zero-order chi connectivity index (χ0) is 20.5. The highest BCUT2D eigenvalue weighted by molar-refractivity contribution is 8.13. The van der Waals surface area contributed by atoms with E-state index in [1.165, 1.54) is 31.1 Å². The standard InChI is InChI=1S/C21H32N6OS/c1-23-21(22)29-16-19-4-2-3-18(25-19)5-6-20(28)27-13-11-26(12-14-27)15-17-7-9-24-10-8-17/h2-4,17,22,24H,1,5-16H2. The van der Waals surface area contributed by atoms with E-state index in [0.717, 1.165) is 56.6 Å². The topological polar surface area (TPSA) is 84.7 Å². The van der Waals surface area contributed by atoms with Gasteiger partial charge in [0.25, 0.3) is 0 Å². The first-order valence-corrected chi connectivity index (χ1v) is 11.5. The SMILES string of the molecule is C=NC(=N)SCc1cccc(CCC(=O)N2CCN(CC3CCNCC3)CC2)n1. The zero-order valence-electron chi connectivity index (χ0n) is 17.1. The van der Waals surface area contributed by atoms with Crippen LogP contribution in [-0.2, 0) is 17.0 Å². The number of amidine groups is 1. The Bertz CT molecular complexity index is 698. The van der Waals surface area contributed by atoms with E-state index in [2.05, 4.69) is 26.9 Å². The fourth-order valence-electron chi connectivity index (χ4n) is 3.94. The van der Waals surface area contributed by atoms with Gasteiger partial charge in [-0.3, -0.25) is 20.1 Å². The quantitative estimate of drug-likeness (QED) is 0.525. The van der Waals surface area contributed by atoms with Crippen LogP contribution in [0.3, 0.4) is 0 Å². The Morgan fingerprint density at radius 2 is 1.97 bits per heavy atom. The van der Waals surface area contributed by atoms with Gasteiger partial charge in [0.15, 0.2) is 5.17 Å². The fourth-order valence-corrected chi connectivity index (χ4v) is 4.48. The van der Waals surface area contributed by atoms with E-state index in [4.69, 9.17) is 5.41 Å². The highest BCUT2D eigenvalue weighted by atomic mass is 32.2. The minimum Gasteiger partial charge on any atom is -0.340 e. The van der Waals surface area contributed by atoms with E-state index >= 15 is 0 Å². The van der Waals surface area contributed by atoms with Crippen molar-refractivity contribution >= 4 is 29.6 Å². The summed E-state index contributed by atoms with van der Waals surface area (Å²) >= 11 is 1.31. The third-order valence-corrected chi connectivity index (χ3v) is 6.50. The summed E-state index contributed by atoms with van der Waals surface area (Å²) < 4.78 is 0. The lowest BCUT2D eigenvalue weighted by Gasteiger charge is -2.37. The second kappa shape index (κ2) is 11.4. The van der Waals surface area contributed by atoms with E-state index in [9.17, 15) is 4.79 Å². The molecule has 3 rings (SSSR count). The number of piperazine rings is 1. The van der Waals surface area contributed by atoms with Gasteiger partial charge in [-0.2, -0.15) is 0 Å². The lowest BCUT2D eigenvalue weighted by Crippen LogP contribution is -2.50. The summed E-state index contributed by atoms with van der Waals surface area (Å²) in [4.78, 5) is 25.4. The van der Waals surface area contributed by atoms with Gasteiger partial charge in [-0.05, 0) is 57.1 Å². The molecule has 2 aliphatic heterocycles. The van der Waals surface area contributed by atoms with Gasteiger partial charge in [-0.15, -0.1) is 0 Å². The summed E-state index contributed by atoms with van der Waals surface area (Å²) in [5.74, 6) is 1.63. The molecule has 2 saturated heterocycles. The number of pyridine rings is 1. The molecule has 2 N–H and O–H groups in total. The van der Waals surface area contributed by atoms with Gasteiger partial charge in [-0.1, -0.05) is 17.8 Å². The number of hydrogen-bond acceptors (Lipinski definition) is 6. The van der Waals surface area contributed by atoms with Crippen molar-refractivity contribution < 1.29 is 4.79 Å². The molecule has 0 atom stereocenters. The van der Waals surface area contributed by atoms with Gasteiger partial charge in [0, 0.05) is 50.6 Å². The molecular formula is C21H32N6OS. The average Bonchev–Trinajstić information content (AvgIpc) is 2.77. The smallest absolute Gasteiger partial charge is 0.223 e. The van der Waals surface area contributed by atoms with Gasteiger partial charge in [0.05, 0.1) is 5.69 Å². The number of nitrogens with one attached hydrogen (secondary N) is 2. The van der Waals surface area contributed by atoms with E-state index in [1.54, 1.807) is 0 Å². The molecule has 8 heteroatoms. The number of amides is 1. The molecule has 3 heterocycles. The third kappa shape index (κ3) is 7.21. The first kappa shape index (κ1) is 21.9. The molecule has 158 valence electrons. The third-order valence-electron chi connectivity index (χ3n) is 5.66. The van der Waals surface area contributed by atoms with Gasteiger partial charge >= 0.3 is 0 Å². The van der Waals surface area contributed by atoms with Crippen LogP contribution in [0, 0.1) is 11.3 Å². The predicted molar refractivity (Wildman–Crippen MR) is 120 cm³/mol. The molecule has 0 saturated carbocycles. The molecule has 0 spiro atoms. The largest absolute Gasteiger partial charge is 0.340 e. The molecule has 2 fully saturated rings. The second-order valence-electron chi connectivity index (χ2n) is 7.75. The average molecular weight is 417 g/mol. The molecule has 29 heavy (non-hydrogen) atoms. The van der Waals surface area contributed by atoms with Crippen molar-refractivity contribution in [2.75, 3.05) is 45.8 Å². The lowest BCUT2D eigenvalue weighted by molar-refractivity contribution is -0.133. The Morgan fingerprint density at radius 1 is 1.24 bits per heavy atom. The van der Waals surface area contributed by atoms with Gasteiger partial charge in [0.2, 0.25) is 5.91 Å². The van der Waals surface area contributed by atoms with Gasteiger partial charge in [-0.25, -0.2) is 4.99 Å². The van der Waals surface area contributed by atoms with Crippen molar-refractivity contribution in [3.8, 4) is 0 Å². The Kier molecular flexibility index (Phi) is 8.64. The maximum absolute atomic E-state index is 12.6. The molecule has 1 aromatic rings. The second-order valence-corrected chi connectivity index (χ2v) is 8.71. The predicted octanol–water partition coefficient (Wildman–Crippen LogP) is 2.03. The number of thioether (sulfide) groups is 1. The molecule has 1 aromatic heterocycles. The van der Waals surface area contributed by atoms with E-state index < -0.39 is 0 Å². The van der Waals surface area contributed by atoms with Crippen LogP contribution in [0.15, 0.2) is 23.2 Å². The summed E-state index contributed by atoms with van der Waals surface area (Å²) in [6, 6.07) is 5.87. The normalized spacial score (nSPS) is 18.6. The van der Waals surface area contributed by atoms with Crippen LogP contribution in [0.1, 0.15) is 30.7 Å². The number of hydrogen-bond donors (Lipinski definition) is 2. The summed E-state index contributed by atoms with van der Waals surface area (Å²) in [7, 11) is 0. The summed E-state index contributed by atoms with van der Waals surface area (Å²) in [5, 5.41) is 11.2. The fraction of sp³-hybridized carbons (Fsp3) is 0.619. The molecule has 0 bridgehead atoms. The Balaban J connectivity index is 1.38. The maximum Gasteiger partial charge on any atom is 0.223 e. The highest BCUT2D eigenvalue weighted by Gasteiger charge is 2.23. The van der Waals surface area contributed by atoms with Crippen LogP contribution in [0.25, 0.3) is 0 Å². The van der Waals surface area contributed by atoms with Crippen molar-refractivity contribution in [3.05, 3.63) is 29.6 Å². The highest BCUT2D eigenvalue weighted by Crippen LogP contribution is 2.16. The van der Waals surface area contributed by atoms with Crippen LogP contribution in [-0.4, -0.2) is 78.4 Å². The molecule has 0 aromatic carbocycles. The Morgan fingerprint density at radius 3 is 2.69 bits per heavy atom. The number of aliphatic imine (C=N–C) groups is 1. The molecule has 7 nitrogen and oxygen atoms in total. The van der Waals surface area contributed by atoms with Crippen LogP contribution in [0.4, 0.5) is 0 Å². The molecular weight excluding hydrogens is 384 g/mol. The van der Waals surface area contributed by atoms with E-state index in [1.807, 2.05) is 23.1 Å². The lowest BCUT2D eigenvalue weighted by atomic mass is 9.97.